The Morgan fingerprint density at radius 2 is 2.29 bits per heavy atom. The molecule has 5 heteroatoms. The van der Waals surface area contributed by atoms with Gasteiger partial charge in [0.15, 0.2) is 0 Å². The molecule has 0 radical (unpaired) electrons. The zero-order chi connectivity index (χ0) is 14.8. The Balaban J connectivity index is 1.70. The third-order valence-electron chi connectivity index (χ3n) is 4.00. The molecule has 1 amide bonds. The molecule has 1 aromatic carbocycles. The second-order valence-corrected chi connectivity index (χ2v) is 5.31. The molecule has 1 atom stereocenters. The van der Waals surface area contributed by atoms with E-state index in [4.69, 9.17) is 15.4 Å². The molecular formula is C16H17N3O2. The van der Waals surface area contributed by atoms with Gasteiger partial charge in [-0.2, -0.15) is 5.26 Å². The lowest BCUT2D eigenvalue weighted by molar-refractivity contribution is -0.131. The van der Waals surface area contributed by atoms with E-state index >= 15 is 0 Å². The molecule has 1 saturated heterocycles. The number of furan rings is 1. The van der Waals surface area contributed by atoms with Gasteiger partial charge in [-0.1, -0.05) is 12.1 Å². The minimum absolute atomic E-state index is 0.00101. The van der Waals surface area contributed by atoms with E-state index in [1.165, 1.54) is 0 Å². The number of hydrogen-bond donors (Lipinski definition) is 1. The van der Waals surface area contributed by atoms with Crippen molar-refractivity contribution in [3.8, 4) is 6.07 Å². The van der Waals surface area contributed by atoms with Crippen molar-refractivity contribution in [1.82, 2.24) is 4.90 Å². The Bertz CT molecular complexity index is 714. The number of nitrogen functional groups attached to an aromatic ring is 1. The van der Waals surface area contributed by atoms with Gasteiger partial charge >= 0.3 is 0 Å². The van der Waals surface area contributed by atoms with E-state index in [1.54, 1.807) is 4.90 Å². The van der Waals surface area contributed by atoms with Crippen molar-refractivity contribution in [3.63, 3.8) is 0 Å². The van der Waals surface area contributed by atoms with E-state index in [1.807, 2.05) is 24.3 Å². The topological polar surface area (TPSA) is 83.3 Å². The minimum Gasteiger partial charge on any atom is -0.459 e. The molecule has 2 aromatic rings. The number of nitrogens with zero attached hydrogens (tertiary/aromatic N) is 2. The number of amides is 1. The highest BCUT2D eigenvalue weighted by Crippen LogP contribution is 2.29. The fraction of sp³-hybridized carbons (Fsp3) is 0.375. The van der Waals surface area contributed by atoms with Crippen LogP contribution in [0.4, 0.5) is 5.69 Å². The van der Waals surface area contributed by atoms with Crippen LogP contribution in [0.5, 0.6) is 0 Å². The molecule has 0 aliphatic carbocycles. The van der Waals surface area contributed by atoms with Gasteiger partial charge in [-0.3, -0.25) is 4.79 Å². The zero-order valence-electron chi connectivity index (χ0n) is 11.7. The highest BCUT2D eigenvalue weighted by molar-refractivity contribution is 5.91. The second-order valence-electron chi connectivity index (χ2n) is 5.31. The Morgan fingerprint density at radius 1 is 1.48 bits per heavy atom. The van der Waals surface area contributed by atoms with Gasteiger partial charge in [-0.15, -0.1) is 0 Å². The van der Waals surface area contributed by atoms with Crippen LogP contribution in [-0.4, -0.2) is 23.4 Å². The molecule has 3 rings (SSSR count). The van der Waals surface area contributed by atoms with E-state index in [2.05, 4.69) is 6.07 Å². The van der Waals surface area contributed by atoms with Crippen LogP contribution >= 0.6 is 0 Å². The molecule has 21 heavy (non-hydrogen) atoms. The number of benzene rings is 1. The third kappa shape index (κ3) is 2.45. The maximum Gasteiger partial charge on any atom is 0.224 e. The molecule has 2 N–H and O–H groups in total. The van der Waals surface area contributed by atoms with Gasteiger partial charge in [0.05, 0.1) is 11.8 Å². The van der Waals surface area contributed by atoms with E-state index in [9.17, 15) is 4.79 Å². The van der Waals surface area contributed by atoms with Crippen molar-refractivity contribution >= 4 is 22.6 Å². The average Bonchev–Trinajstić information content (AvgIpc) is 3.10. The fourth-order valence-corrected chi connectivity index (χ4v) is 2.87. The fourth-order valence-electron chi connectivity index (χ4n) is 2.87. The summed E-state index contributed by atoms with van der Waals surface area (Å²) in [4.78, 5) is 13.9. The summed E-state index contributed by atoms with van der Waals surface area (Å²) in [5.74, 6) is 0.649. The van der Waals surface area contributed by atoms with E-state index in [-0.39, 0.29) is 11.9 Å². The maximum absolute atomic E-state index is 12.2. The van der Waals surface area contributed by atoms with Gasteiger partial charge in [0, 0.05) is 24.8 Å². The normalized spacial score (nSPS) is 18.0. The molecule has 1 aromatic heterocycles. The van der Waals surface area contributed by atoms with E-state index in [0.717, 1.165) is 23.8 Å². The Labute approximate surface area is 122 Å². The maximum atomic E-state index is 12.2. The van der Waals surface area contributed by atoms with Gasteiger partial charge in [0.25, 0.3) is 0 Å². The van der Waals surface area contributed by atoms with Crippen molar-refractivity contribution in [2.45, 2.75) is 31.7 Å². The molecule has 5 nitrogen and oxygen atoms in total. The summed E-state index contributed by atoms with van der Waals surface area (Å²) in [6, 6.07) is 9.48. The summed E-state index contributed by atoms with van der Waals surface area (Å²) in [7, 11) is 0. The number of nitrogens with two attached hydrogens (primary N) is 1. The number of hydrogen-bond acceptors (Lipinski definition) is 4. The quantitative estimate of drug-likeness (QED) is 0.937. The molecule has 0 bridgehead atoms. The average molecular weight is 283 g/mol. The van der Waals surface area contributed by atoms with Crippen LogP contribution in [0.3, 0.4) is 0 Å². The van der Waals surface area contributed by atoms with Crippen molar-refractivity contribution in [2.24, 2.45) is 0 Å². The summed E-state index contributed by atoms with van der Waals surface area (Å²) in [5, 5.41) is 9.91. The number of carbonyl (C=O) groups excluding carboxylic acids is 1. The number of nitriles is 1. The SMILES string of the molecule is N#CC1CCCN1C(=O)CCc1oc2ccccc2c1N. The first-order chi connectivity index (χ1) is 10.2. The molecule has 0 spiro atoms. The molecule has 1 fully saturated rings. The minimum atomic E-state index is -0.273. The summed E-state index contributed by atoms with van der Waals surface area (Å²) in [5.41, 5.74) is 7.41. The van der Waals surface area contributed by atoms with Gasteiger partial charge < -0.3 is 15.1 Å². The number of likely N-dealkylation sites (tertiary alicyclic amines) is 1. The van der Waals surface area contributed by atoms with Crippen LogP contribution in [0.2, 0.25) is 0 Å². The highest BCUT2D eigenvalue weighted by atomic mass is 16.3. The van der Waals surface area contributed by atoms with Crippen LogP contribution in [0.1, 0.15) is 25.0 Å². The van der Waals surface area contributed by atoms with Crippen LogP contribution in [0.25, 0.3) is 11.0 Å². The van der Waals surface area contributed by atoms with Crippen molar-refractivity contribution in [1.29, 1.82) is 5.26 Å². The number of fused-ring (bicyclic) bond motifs is 1. The third-order valence-corrected chi connectivity index (χ3v) is 4.00. The standard InChI is InChI=1S/C16H17N3O2/c17-10-11-4-3-9-19(11)15(20)8-7-14-16(18)12-5-1-2-6-13(12)21-14/h1-2,5-6,11H,3-4,7-9,18H2. The van der Waals surface area contributed by atoms with Gasteiger partial charge in [0.2, 0.25) is 5.91 Å². The van der Waals surface area contributed by atoms with Crippen LogP contribution in [0.15, 0.2) is 28.7 Å². The first-order valence-electron chi connectivity index (χ1n) is 7.15. The van der Waals surface area contributed by atoms with Gasteiger partial charge in [-0.05, 0) is 25.0 Å². The first kappa shape index (κ1) is 13.5. The van der Waals surface area contributed by atoms with Crippen LogP contribution < -0.4 is 5.73 Å². The Kier molecular flexibility index (Phi) is 3.53. The summed E-state index contributed by atoms with van der Waals surface area (Å²) >= 11 is 0. The summed E-state index contributed by atoms with van der Waals surface area (Å²) in [6.45, 7) is 0.673. The monoisotopic (exact) mass is 283 g/mol. The van der Waals surface area contributed by atoms with Crippen LogP contribution in [0, 0.1) is 11.3 Å². The van der Waals surface area contributed by atoms with E-state index < -0.39 is 0 Å². The molecule has 1 aliphatic rings. The lowest BCUT2D eigenvalue weighted by atomic mass is 10.1. The predicted molar refractivity (Wildman–Crippen MR) is 79.3 cm³/mol. The Morgan fingerprint density at radius 3 is 3.05 bits per heavy atom. The molecule has 1 aliphatic heterocycles. The van der Waals surface area contributed by atoms with E-state index in [0.29, 0.717) is 30.8 Å². The Hall–Kier alpha value is -2.48. The molecular weight excluding hydrogens is 266 g/mol. The van der Waals surface area contributed by atoms with Gasteiger partial charge in [-0.25, -0.2) is 0 Å². The first-order valence-corrected chi connectivity index (χ1v) is 7.15. The zero-order valence-corrected chi connectivity index (χ0v) is 11.7. The largest absolute Gasteiger partial charge is 0.459 e. The van der Waals surface area contributed by atoms with Gasteiger partial charge in [0.1, 0.15) is 17.4 Å². The summed E-state index contributed by atoms with van der Waals surface area (Å²) < 4.78 is 5.70. The molecule has 1 unspecified atom stereocenters. The van der Waals surface area contributed by atoms with Crippen molar-refractivity contribution in [2.75, 3.05) is 12.3 Å². The molecule has 2 heterocycles. The number of anilines is 1. The smallest absolute Gasteiger partial charge is 0.224 e. The molecule has 0 saturated carbocycles. The number of aryl methyl sites for hydroxylation is 1. The lowest BCUT2D eigenvalue weighted by Gasteiger charge is -2.19. The number of para-hydroxylation sites is 1. The van der Waals surface area contributed by atoms with Crippen molar-refractivity contribution in [3.05, 3.63) is 30.0 Å². The van der Waals surface area contributed by atoms with Crippen LogP contribution in [-0.2, 0) is 11.2 Å². The lowest BCUT2D eigenvalue weighted by Crippen LogP contribution is -2.34. The summed E-state index contributed by atoms with van der Waals surface area (Å²) in [6.07, 6.45) is 2.46. The van der Waals surface area contributed by atoms with Crippen molar-refractivity contribution < 1.29 is 9.21 Å². The molecule has 108 valence electrons. The number of rotatable bonds is 3. The second kappa shape index (κ2) is 5.49. The highest BCUT2D eigenvalue weighted by Gasteiger charge is 2.28. The predicted octanol–water partition coefficient (Wildman–Crippen LogP) is 2.46. The number of carbonyl (C=O) groups is 1.